The number of carbonyl (C=O) groups excluding carboxylic acids is 2. The quantitative estimate of drug-likeness (QED) is 0.0987. The fourth-order valence-corrected chi connectivity index (χ4v) is 7.77. The lowest BCUT2D eigenvalue weighted by atomic mass is 9.84. The van der Waals surface area contributed by atoms with E-state index in [9.17, 15) is 14.7 Å². The van der Waals surface area contributed by atoms with Gasteiger partial charge in [0.25, 0.3) is 0 Å². The lowest BCUT2D eigenvalue weighted by Crippen LogP contribution is -2.48. The van der Waals surface area contributed by atoms with Gasteiger partial charge in [0.15, 0.2) is 0 Å². The van der Waals surface area contributed by atoms with Crippen molar-refractivity contribution in [3.05, 3.63) is 126 Å². The number of aliphatic hydroxyl groups excluding tert-OH is 1. The number of hydrogen-bond acceptors (Lipinski definition) is 6. The molecule has 0 saturated carbocycles. The summed E-state index contributed by atoms with van der Waals surface area (Å²) in [6, 6.07) is 33.8. The Morgan fingerprint density at radius 3 is 2.04 bits per heavy atom. The number of alkyl carbamates (subject to hydrolysis) is 1. The molecule has 0 aromatic heterocycles. The third kappa shape index (κ3) is 8.84. The third-order valence-corrected chi connectivity index (χ3v) is 10.1. The van der Waals surface area contributed by atoms with Crippen molar-refractivity contribution in [3.63, 3.8) is 0 Å². The summed E-state index contributed by atoms with van der Waals surface area (Å²) >= 11 is 0. The lowest BCUT2D eigenvalue weighted by Gasteiger charge is -2.37. The molecular formula is C37H44N4O4S. The molecule has 242 valence electrons. The molecule has 0 bridgehead atoms. The number of nitrogens with two attached hydrogens (primary N) is 1. The second-order valence-electron chi connectivity index (χ2n) is 11.2. The zero-order chi connectivity index (χ0) is 33.1. The SMILES string of the molecule is C/C=S(\c1ccc(N)cc1)N(C(C)C)[C@H](CO)Cc1cccc(NC(=O)[C@@H](NC(=O)OC)C(c2ccccc2)c2ccccc2)c1. The first-order valence-electron chi connectivity index (χ1n) is 15.4. The van der Waals surface area contributed by atoms with Gasteiger partial charge in [-0.05, 0) is 85.6 Å². The van der Waals surface area contributed by atoms with Crippen molar-refractivity contribution < 1.29 is 19.4 Å². The van der Waals surface area contributed by atoms with Crippen LogP contribution in [-0.2, 0) is 16.0 Å². The van der Waals surface area contributed by atoms with Crippen LogP contribution in [-0.4, -0.2) is 58.6 Å². The maximum Gasteiger partial charge on any atom is 0.407 e. The van der Waals surface area contributed by atoms with Gasteiger partial charge in [-0.15, -0.1) is 0 Å². The van der Waals surface area contributed by atoms with Gasteiger partial charge in [0, 0.05) is 34.3 Å². The van der Waals surface area contributed by atoms with E-state index in [4.69, 9.17) is 10.5 Å². The molecule has 0 fully saturated rings. The predicted octanol–water partition coefficient (Wildman–Crippen LogP) is 6.44. The van der Waals surface area contributed by atoms with Gasteiger partial charge in [0.05, 0.1) is 13.7 Å². The van der Waals surface area contributed by atoms with Crippen LogP contribution in [0.2, 0.25) is 0 Å². The Morgan fingerprint density at radius 1 is 0.913 bits per heavy atom. The topological polar surface area (TPSA) is 117 Å². The highest BCUT2D eigenvalue weighted by Crippen LogP contribution is 2.36. The molecular weight excluding hydrogens is 596 g/mol. The van der Waals surface area contributed by atoms with Gasteiger partial charge >= 0.3 is 6.09 Å². The summed E-state index contributed by atoms with van der Waals surface area (Å²) in [6.45, 7) is 6.26. The normalized spacial score (nSPS) is 13.4. The van der Waals surface area contributed by atoms with Crippen LogP contribution in [0, 0.1) is 0 Å². The van der Waals surface area contributed by atoms with E-state index in [1.807, 2.05) is 116 Å². The zero-order valence-electron chi connectivity index (χ0n) is 26.8. The molecule has 0 spiro atoms. The number of nitrogens with zero attached hydrogens (tertiary/aromatic N) is 1. The molecule has 1 unspecified atom stereocenters. The Morgan fingerprint density at radius 2 is 1.52 bits per heavy atom. The molecule has 2 amide bonds. The number of aliphatic hydroxyl groups is 1. The summed E-state index contributed by atoms with van der Waals surface area (Å²) in [4.78, 5) is 27.7. The van der Waals surface area contributed by atoms with E-state index in [2.05, 4.69) is 34.2 Å². The Labute approximate surface area is 274 Å². The molecule has 4 aromatic carbocycles. The number of anilines is 2. The van der Waals surface area contributed by atoms with E-state index >= 15 is 0 Å². The van der Waals surface area contributed by atoms with Crippen LogP contribution in [0.5, 0.6) is 0 Å². The second kappa shape index (κ2) is 16.7. The van der Waals surface area contributed by atoms with Crippen molar-refractivity contribution in [1.82, 2.24) is 9.62 Å². The van der Waals surface area contributed by atoms with Crippen molar-refractivity contribution in [2.24, 2.45) is 0 Å². The maximum atomic E-state index is 14.0. The lowest BCUT2D eigenvalue weighted by molar-refractivity contribution is -0.118. The first-order valence-corrected chi connectivity index (χ1v) is 16.6. The minimum atomic E-state index is -0.968. The fraction of sp³-hybridized carbons (Fsp3) is 0.270. The molecule has 46 heavy (non-hydrogen) atoms. The smallest absolute Gasteiger partial charge is 0.407 e. The highest BCUT2D eigenvalue weighted by molar-refractivity contribution is 8.13. The van der Waals surface area contributed by atoms with Gasteiger partial charge in [0.1, 0.15) is 6.04 Å². The van der Waals surface area contributed by atoms with Crippen LogP contribution in [0.4, 0.5) is 16.2 Å². The molecule has 4 aromatic rings. The Balaban J connectivity index is 1.61. The Kier molecular flexibility index (Phi) is 12.5. The minimum Gasteiger partial charge on any atom is -0.453 e. The monoisotopic (exact) mass is 640 g/mol. The molecule has 0 aliphatic heterocycles. The van der Waals surface area contributed by atoms with Gasteiger partial charge in [-0.25, -0.2) is 9.10 Å². The molecule has 0 saturated heterocycles. The van der Waals surface area contributed by atoms with E-state index in [0.717, 1.165) is 21.6 Å². The number of rotatable bonds is 13. The van der Waals surface area contributed by atoms with Gasteiger partial charge in [-0.1, -0.05) is 83.5 Å². The third-order valence-electron chi connectivity index (χ3n) is 7.71. The van der Waals surface area contributed by atoms with Crippen molar-refractivity contribution in [2.75, 3.05) is 24.8 Å². The average molecular weight is 641 g/mol. The molecule has 8 nitrogen and oxygen atoms in total. The van der Waals surface area contributed by atoms with Crippen molar-refractivity contribution in [1.29, 1.82) is 0 Å². The van der Waals surface area contributed by atoms with Crippen LogP contribution in [0.1, 0.15) is 43.4 Å². The number of carbonyl (C=O) groups is 2. The first kappa shape index (κ1) is 34.4. The van der Waals surface area contributed by atoms with Crippen molar-refractivity contribution >= 4 is 39.4 Å². The van der Waals surface area contributed by atoms with Crippen LogP contribution in [0.3, 0.4) is 0 Å². The van der Waals surface area contributed by atoms with Gasteiger partial charge < -0.3 is 26.2 Å². The Hall–Kier alpha value is -4.44. The summed E-state index contributed by atoms with van der Waals surface area (Å²) < 4.78 is 7.25. The number of nitrogen functional groups attached to an aromatic ring is 1. The van der Waals surface area contributed by atoms with Crippen LogP contribution in [0.15, 0.2) is 114 Å². The predicted molar refractivity (Wildman–Crippen MR) is 189 cm³/mol. The number of ether oxygens (including phenoxy) is 1. The molecule has 0 heterocycles. The van der Waals surface area contributed by atoms with E-state index < -0.39 is 18.1 Å². The number of nitrogens with one attached hydrogen (secondary N) is 2. The average Bonchev–Trinajstić information content (AvgIpc) is 3.07. The highest BCUT2D eigenvalue weighted by Gasteiger charge is 2.33. The molecule has 5 N–H and O–H groups in total. The molecule has 0 radical (unpaired) electrons. The van der Waals surface area contributed by atoms with E-state index in [0.29, 0.717) is 17.8 Å². The minimum absolute atomic E-state index is 0.0396. The maximum absolute atomic E-state index is 14.0. The molecule has 0 aliphatic carbocycles. The van der Waals surface area contributed by atoms with Gasteiger partial charge in [0.2, 0.25) is 5.91 Å². The van der Waals surface area contributed by atoms with E-state index in [1.54, 1.807) is 0 Å². The summed E-state index contributed by atoms with van der Waals surface area (Å²) in [7, 11) is 0.905. The molecule has 4 rings (SSSR count). The second-order valence-corrected chi connectivity index (χ2v) is 13.2. The van der Waals surface area contributed by atoms with Crippen molar-refractivity contribution in [2.45, 2.75) is 56.1 Å². The number of hydrogen-bond donors (Lipinski definition) is 4. The zero-order valence-corrected chi connectivity index (χ0v) is 27.6. The van der Waals surface area contributed by atoms with Crippen molar-refractivity contribution in [3.8, 4) is 0 Å². The summed E-state index contributed by atoms with van der Waals surface area (Å²) in [5, 5.41) is 18.6. The van der Waals surface area contributed by atoms with E-state index in [1.165, 1.54) is 7.11 Å². The number of benzene rings is 4. The largest absolute Gasteiger partial charge is 0.453 e. The fourth-order valence-electron chi connectivity index (χ4n) is 5.68. The number of amides is 2. The van der Waals surface area contributed by atoms with Gasteiger partial charge in [-0.2, -0.15) is 0 Å². The first-order chi connectivity index (χ1) is 22.2. The Bertz CT molecular complexity index is 1560. The highest BCUT2D eigenvalue weighted by atomic mass is 32.2. The standard InChI is InChI=1S/C37H44N4O4S/c1-5-46(33-21-19-30(38)20-22-33)41(26(2)3)32(25-42)24-27-13-12-18-31(23-27)39-36(43)35(40-37(44)45-4)34(28-14-8-6-9-15-28)29-16-10-7-11-17-29/h5-23,26,32,34-35,42H,24-25,38H2,1-4H3,(H,39,43)(H,40,44)/t32-,35-,46?/m0/s1. The molecule has 0 aliphatic rings. The van der Waals surface area contributed by atoms with E-state index in [-0.39, 0.29) is 35.3 Å². The summed E-state index contributed by atoms with van der Waals surface area (Å²) in [5.74, 6) is -0.854. The number of methoxy groups -OCH3 is 1. The van der Waals surface area contributed by atoms with Crippen LogP contribution < -0.4 is 16.4 Å². The molecule has 9 heteroatoms. The van der Waals surface area contributed by atoms with Gasteiger partial charge in [-0.3, -0.25) is 4.79 Å². The van der Waals surface area contributed by atoms with Crippen LogP contribution in [0.25, 0.3) is 0 Å². The summed E-state index contributed by atoms with van der Waals surface area (Å²) in [5.41, 5.74) is 9.96. The summed E-state index contributed by atoms with van der Waals surface area (Å²) in [6.07, 6.45) is -0.139. The molecule has 3 atom stereocenters. The van der Waals surface area contributed by atoms with Crippen LogP contribution >= 0.6 is 10.7 Å².